The lowest BCUT2D eigenvalue weighted by Crippen LogP contribution is -2.61. The molecule has 0 amide bonds. The Bertz CT molecular complexity index is 312. The third-order valence-corrected chi connectivity index (χ3v) is 2.09. The summed E-state index contributed by atoms with van der Waals surface area (Å²) in [5.41, 5.74) is -0.262. The molecule has 2 heterocycles. The van der Waals surface area contributed by atoms with Gasteiger partial charge in [0.1, 0.15) is 5.60 Å². The summed E-state index contributed by atoms with van der Waals surface area (Å²) in [6.07, 6.45) is 2.68. The van der Waals surface area contributed by atoms with E-state index in [9.17, 15) is 4.39 Å². The Labute approximate surface area is 75.9 Å². The Morgan fingerprint density at radius 2 is 2.38 bits per heavy atom. The quantitative estimate of drug-likeness (QED) is 0.739. The van der Waals surface area contributed by atoms with E-state index >= 15 is 0 Å². The highest BCUT2D eigenvalue weighted by Gasteiger charge is 2.34. The summed E-state index contributed by atoms with van der Waals surface area (Å²) >= 11 is 0. The number of nitrogens with zero attached hydrogens (tertiary/aromatic N) is 1. The first-order valence-electron chi connectivity index (χ1n) is 4.19. The molecule has 1 aromatic rings. The number of nitrogens with one attached hydrogen (secondary N) is 1. The number of aromatic nitrogens is 1. The predicted octanol–water partition coefficient (Wildman–Crippen LogP) is 0.961. The molecule has 2 rings (SSSR count). The number of hydrogen-bond acceptors (Lipinski definition) is 3. The van der Waals surface area contributed by atoms with Gasteiger partial charge < -0.3 is 10.1 Å². The van der Waals surface area contributed by atoms with Crippen LogP contribution in [0, 0.1) is 5.82 Å². The second-order valence-electron chi connectivity index (χ2n) is 3.46. The van der Waals surface area contributed by atoms with Crippen molar-refractivity contribution in [3.8, 4) is 5.75 Å². The lowest BCUT2D eigenvalue weighted by atomic mass is 10.00. The Morgan fingerprint density at radius 3 is 2.92 bits per heavy atom. The molecular formula is C9H11FN2O. The van der Waals surface area contributed by atoms with Crippen molar-refractivity contribution in [3.05, 3.63) is 24.3 Å². The number of rotatable bonds is 2. The zero-order valence-corrected chi connectivity index (χ0v) is 7.38. The summed E-state index contributed by atoms with van der Waals surface area (Å²) in [4.78, 5) is 3.65. The molecule has 4 heteroatoms. The van der Waals surface area contributed by atoms with Crippen LogP contribution in [-0.2, 0) is 0 Å². The molecule has 3 nitrogen and oxygen atoms in total. The minimum absolute atomic E-state index is 0.262. The smallest absolute Gasteiger partial charge is 0.183 e. The molecule has 1 aliphatic heterocycles. The predicted molar refractivity (Wildman–Crippen MR) is 46.1 cm³/mol. The van der Waals surface area contributed by atoms with E-state index in [0.29, 0.717) is 0 Å². The monoisotopic (exact) mass is 182 g/mol. The van der Waals surface area contributed by atoms with Crippen molar-refractivity contribution in [1.29, 1.82) is 0 Å². The molecule has 0 atom stereocenters. The van der Waals surface area contributed by atoms with Crippen LogP contribution in [0.15, 0.2) is 18.5 Å². The normalized spacial score (nSPS) is 19.2. The topological polar surface area (TPSA) is 34.1 Å². The molecule has 0 spiro atoms. The van der Waals surface area contributed by atoms with Gasteiger partial charge in [-0.05, 0) is 6.92 Å². The van der Waals surface area contributed by atoms with Crippen LogP contribution < -0.4 is 10.1 Å². The van der Waals surface area contributed by atoms with E-state index in [2.05, 4.69) is 10.3 Å². The lowest BCUT2D eigenvalue weighted by Gasteiger charge is -2.39. The minimum atomic E-state index is -0.407. The molecule has 13 heavy (non-hydrogen) atoms. The molecular weight excluding hydrogens is 171 g/mol. The first-order valence-corrected chi connectivity index (χ1v) is 4.19. The van der Waals surface area contributed by atoms with Crippen LogP contribution in [-0.4, -0.2) is 23.7 Å². The van der Waals surface area contributed by atoms with Crippen molar-refractivity contribution >= 4 is 0 Å². The summed E-state index contributed by atoms with van der Waals surface area (Å²) in [5, 5.41) is 3.08. The number of pyridine rings is 1. The maximum atomic E-state index is 13.1. The van der Waals surface area contributed by atoms with Gasteiger partial charge in [-0.15, -0.1) is 0 Å². The van der Waals surface area contributed by atoms with Gasteiger partial charge in [-0.3, -0.25) is 4.98 Å². The second-order valence-corrected chi connectivity index (χ2v) is 3.46. The lowest BCUT2D eigenvalue weighted by molar-refractivity contribution is 0.0310. The van der Waals surface area contributed by atoms with E-state index in [-0.39, 0.29) is 11.4 Å². The van der Waals surface area contributed by atoms with Crippen LogP contribution in [0.2, 0.25) is 0 Å². The zero-order chi connectivity index (χ0) is 9.31. The van der Waals surface area contributed by atoms with E-state index < -0.39 is 5.82 Å². The van der Waals surface area contributed by atoms with Gasteiger partial charge in [0, 0.05) is 25.4 Å². The molecule has 1 aromatic heterocycles. The van der Waals surface area contributed by atoms with Crippen molar-refractivity contribution in [2.45, 2.75) is 12.5 Å². The van der Waals surface area contributed by atoms with Gasteiger partial charge in [0.05, 0.1) is 6.20 Å². The maximum absolute atomic E-state index is 13.1. The van der Waals surface area contributed by atoms with Crippen molar-refractivity contribution in [2.75, 3.05) is 13.1 Å². The molecule has 0 unspecified atom stereocenters. The third-order valence-electron chi connectivity index (χ3n) is 2.09. The van der Waals surface area contributed by atoms with Crippen LogP contribution in [0.4, 0.5) is 4.39 Å². The van der Waals surface area contributed by atoms with Gasteiger partial charge in [0.15, 0.2) is 11.6 Å². The molecule has 0 aliphatic carbocycles. The standard InChI is InChI=1S/C9H11FN2O/c1-9(5-12-6-9)13-8-2-3-11-4-7(8)10/h2-4,12H,5-6H2,1H3. The average Bonchev–Trinajstić information content (AvgIpc) is 2.06. The summed E-state index contributed by atoms with van der Waals surface area (Å²) in [6, 6.07) is 1.54. The molecule has 1 saturated heterocycles. The molecule has 1 aliphatic rings. The van der Waals surface area contributed by atoms with Crippen LogP contribution in [0.1, 0.15) is 6.92 Å². The molecule has 70 valence electrons. The zero-order valence-electron chi connectivity index (χ0n) is 7.38. The van der Waals surface area contributed by atoms with Crippen LogP contribution in [0.5, 0.6) is 5.75 Å². The number of halogens is 1. The Morgan fingerprint density at radius 1 is 1.62 bits per heavy atom. The second kappa shape index (κ2) is 2.96. The summed E-state index contributed by atoms with van der Waals surface area (Å²) in [5.74, 6) is -0.130. The third kappa shape index (κ3) is 1.62. The fourth-order valence-electron chi connectivity index (χ4n) is 1.26. The van der Waals surface area contributed by atoms with E-state index in [1.165, 1.54) is 6.20 Å². The average molecular weight is 182 g/mol. The molecule has 0 bridgehead atoms. The van der Waals surface area contributed by atoms with Crippen LogP contribution >= 0.6 is 0 Å². The number of hydrogen-bond donors (Lipinski definition) is 1. The molecule has 0 aromatic carbocycles. The van der Waals surface area contributed by atoms with Gasteiger partial charge in [0.25, 0.3) is 0 Å². The number of ether oxygens (including phenoxy) is 1. The fraction of sp³-hybridized carbons (Fsp3) is 0.444. The fourth-order valence-corrected chi connectivity index (χ4v) is 1.26. The Balaban J connectivity index is 2.13. The van der Waals surface area contributed by atoms with E-state index in [1.54, 1.807) is 6.07 Å². The van der Waals surface area contributed by atoms with Gasteiger partial charge in [-0.2, -0.15) is 0 Å². The van der Waals surface area contributed by atoms with Crippen LogP contribution in [0.3, 0.4) is 0 Å². The highest BCUT2D eigenvalue weighted by molar-refractivity contribution is 5.21. The van der Waals surface area contributed by atoms with Crippen molar-refractivity contribution < 1.29 is 9.13 Å². The summed E-state index contributed by atoms with van der Waals surface area (Å²) < 4.78 is 18.6. The Hall–Kier alpha value is -1.16. The minimum Gasteiger partial charge on any atom is -0.482 e. The molecule has 0 radical (unpaired) electrons. The van der Waals surface area contributed by atoms with Crippen molar-refractivity contribution in [1.82, 2.24) is 10.3 Å². The van der Waals surface area contributed by atoms with Crippen LogP contribution in [0.25, 0.3) is 0 Å². The van der Waals surface area contributed by atoms with Crippen molar-refractivity contribution in [2.24, 2.45) is 0 Å². The van der Waals surface area contributed by atoms with Gasteiger partial charge in [-0.25, -0.2) is 4.39 Å². The molecule has 0 saturated carbocycles. The molecule has 1 fully saturated rings. The van der Waals surface area contributed by atoms with E-state index in [1.807, 2.05) is 6.92 Å². The highest BCUT2D eigenvalue weighted by Crippen LogP contribution is 2.23. The largest absolute Gasteiger partial charge is 0.482 e. The first kappa shape index (κ1) is 8.44. The summed E-state index contributed by atoms with van der Waals surface area (Å²) in [7, 11) is 0. The van der Waals surface area contributed by atoms with Gasteiger partial charge in [0.2, 0.25) is 0 Å². The van der Waals surface area contributed by atoms with E-state index in [0.717, 1.165) is 19.3 Å². The first-order chi connectivity index (χ1) is 6.20. The van der Waals surface area contributed by atoms with Gasteiger partial charge in [-0.1, -0.05) is 0 Å². The van der Waals surface area contributed by atoms with E-state index in [4.69, 9.17) is 4.74 Å². The maximum Gasteiger partial charge on any atom is 0.183 e. The molecule has 1 N–H and O–H groups in total. The summed E-state index contributed by atoms with van der Waals surface area (Å²) in [6.45, 7) is 3.47. The Kier molecular flexibility index (Phi) is 1.92. The highest BCUT2D eigenvalue weighted by atomic mass is 19.1. The van der Waals surface area contributed by atoms with Crippen molar-refractivity contribution in [3.63, 3.8) is 0 Å². The van der Waals surface area contributed by atoms with Gasteiger partial charge >= 0.3 is 0 Å². The SMILES string of the molecule is CC1(Oc2ccncc2F)CNC1.